The van der Waals surface area contributed by atoms with Gasteiger partial charge in [-0.25, -0.2) is 4.79 Å². The highest BCUT2D eigenvalue weighted by atomic mass is 16.4. The van der Waals surface area contributed by atoms with E-state index >= 15 is 0 Å². The maximum absolute atomic E-state index is 12.7. The largest absolute Gasteiger partial charge is 0.478 e. The summed E-state index contributed by atoms with van der Waals surface area (Å²) in [5.41, 5.74) is 1.18. The van der Waals surface area contributed by atoms with E-state index in [2.05, 4.69) is 0 Å². The maximum Gasteiger partial charge on any atom is 0.337 e. The minimum absolute atomic E-state index is 0.104. The average molecular weight is 319 g/mol. The Morgan fingerprint density at radius 3 is 2.25 bits per heavy atom. The zero-order valence-electron chi connectivity index (χ0n) is 13.3. The number of hydrogen-bond donors (Lipinski definition) is 1. The molecule has 4 heteroatoms. The van der Waals surface area contributed by atoms with E-state index in [4.69, 9.17) is 0 Å². The first-order chi connectivity index (χ1) is 11.6. The second-order valence-electron chi connectivity index (χ2n) is 5.40. The number of nitrogens with zero attached hydrogens (tertiary/aromatic N) is 1. The molecule has 120 valence electrons. The number of carboxylic acids is 1. The molecule has 0 saturated carbocycles. The van der Waals surface area contributed by atoms with Crippen LogP contribution in [0.3, 0.4) is 0 Å². The summed E-state index contributed by atoms with van der Waals surface area (Å²) < 4.78 is 0. The number of carboxylic acid groups (broad SMARTS) is 1. The molecule has 0 aromatic heterocycles. The Balaban J connectivity index is 2.29. The molecule has 0 radical (unpaired) electrons. The summed E-state index contributed by atoms with van der Waals surface area (Å²) in [4.78, 5) is 25.8. The highest BCUT2D eigenvalue weighted by Crippen LogP contribution is 2.34. The molecule has 0 aliphatic carbocycles. The highest BCUT2D eigenvalue weighted by Gasteiger charge is 2.23. The van der Waals surface area contributed by atoms with E-state index in [1.807, 2.05) is 42.5 Å². The predicted molar refractivity (Wildman–Crippen MR) is 94.8 cm³/mol. The van der Waals surface area contributed by atoms with E-state index in [9.17, 15) is 14.7 Å². The molecule has 3 rings (SSSR count). The molecule has 0 spiro atoms. The lowest BCUT2D eigenvalue weighted by Crippen LogP contribution is -2.27. The first kappa shape index (κ1) is 15.7. The number of rotatable bonds is 4. The van der Waals surface area contributed by atoms with Crippen LogP contribution in [0.1, 0.15) is 23.7 Å². The molecule has 0 bridgehead atoms. The Bertz CT molecular complexity index is 912. The van der Waals surface area contributed by atoms with Crippen LogP contribution in [-0.4, -0.2) is 17.0 Å². The minimum atomic E-state index is -1.06. The van der Waals surface area contributed by atoms with Crippen molar-refractivity contribution in [3.05, 3.63) is 72.3 Å². The molecule has 24 heavy (non-hydrogen) atoms. The number of benzene rings is 3. The van der Waals surface area contributed by atoms with Gasteiger partial charge in [0, 0.05) is 11.8 Å². The molecule has 4 nitrogen and oxygen atoms in total. The molecule has 0 aliphatic rings. The van der Waals surface area contributed by atoms with Crippen molar-refractivity contribution >= 4 is 34.0 Å². The fourth-order valence-corrected chi connectivity index (χ4v) is 2.81. The van der Waals surface area contributed by atoms with Crippen molar-refractivity contribution < 1.29 is 14.7 Å². The maximum atomic E-state index is 12.7. The second kappa shape index (κ2) is 6.54. The van der Waals surface area contributed by atoms with Crippen LogP contribution in [0.2, 0.25) is 0 Å². The summed E-state index contributed by atoms with van der Waals surface area (Å²) in [6, 6.07) is 20.0. The van der Waals surface area contributed by atoms with E-state index in [0.717, 1.165) is 10.8 Å². The third kappa shape index (κ3) is 2.74. The molecule has 0 fully saturated rings. The van der Waals surface area contributed by atoms with Gasteiger partial charge in [0.25, 0.3) is 0 Å². The van der Waals surface area contributed by atoms with E-state index < -0.39 is 5.97 Å². The standard InChI is InChI=1S/C20H17NO3/c1-2-19(22)21(18-12-6-5-11-16(18)20(23)24)17-13-7-9-14-8-3-4-10-15(14)17/h3-13H,2H2,1H3,(H,23,24). The van der Waals surface area contributed by atoms with Crippen molar-refractivity contribution in [3.8, 4) is 0 Å². The summed E-state index contributed by atoms with van der Waals surface area (Å²) in [7, 11) is 0. The van der Waals surface area contributed by atoms with E-state index in [-0.39, 0.29) is 17.9 Å². The summed E-state index contributed by atoms with van der Waals surface area (Å²) in [5, 5.41) is 11.4. The summed E-state index contributed by atoms with van der Waals surface area (Å²) in [6.07, 6.45) is 0.275. The molecule has 1 N–H and O–H groups in total. The number of anilines is 2. The van der Waals surface area contributed by atoms with Gasteiger partial charge in [0.2, 0.25) is 5.91 Å². The zero-order valence-corrected chi connectivity index (χ0v) is 13.3. The topological polar surface area (TPSA) is 57.6 Å². The van der Waals surface area contributed by atoms with Crippen LogP contribution in [0.15, 0.2) is 66.7 Å². The average Bonchev–Trinajstić information content (AvgIpc) is 2.62. The van der Waals surface area contributed by atoms with Crippen molar-refractivity contribution in [2.24, 2.45) is 0 Å². The number of fused-ring (bicyclic) bond motifs is 1. The Kier molecular flexibility index (Phi) is 4.29. The third-order valence-electron chi connectivity index (χ3n) is 3.93. The molecule has 0 atom stereocenters. The lowest BCUT2D eigenvalue weighted by molar-refractivity contribution is -0.117. The Morgan fingerprint density at radius 1 is 0.875 bits per heavy atom. The minimum Gasteiger partial charge on any atom is -0.478 e. The fourth-order valence-electron chi connectivity index (χ4n) is 2.81. The van der Waals surface area contributed by atoms with Crippen molar-refractivity contribution in [1.82, 2.24) is 0 Å². The van der Waals surface area contributed by atoms with Crippen LogP contribution in [-0.2, 0) is 4.79 Å². The van der Waals surface area contributed by atoms with E-state index in [1.54, 1.807) is 25.1 Å². The monoisotopic (exact) mass is 319 g/mol. The van der Waals surface area contributed by atoms with Crippen LogP contribution < -0.4 is 4.90 Å². The Morgan fingerprint density at radius 2 is 1.50 bits per heavy atom. The second-order valence-corrected chi connectivity index (χ2v) is 5.40. The number of aromatic carboxylic acids is 1. The third-order valence-corrected chi connectivity index (χ3v) is 3.93. The van der Waals surface area contributed by atoms with Crippen molar-refractivity contribution in [1.29, 1.82) is 0 Å². The molecular formula is C20H17NO3. The van der Waals surface area contributed by atoms with Gasteiger partial charge in [-0.1, -0.05) is 55.5 Å². The number of para-hydroxylation sites is 1. The molecule has 0 heterocycles. The van der Waals surface area contributed by atoms with Crippen LogP contribution in [0, 0.1) is 0 Å². The normalized spacial score (nSPS) is 10.5. The lowest BCUT2D eigenvalue weighted by atomic mass is 10.1. The van der Waals surface area contributed by atoms with Gasteiger partial charge in [0.15, 0.2) is 0 Å². The van der Waals surface area contributed by atoms with Gasteiger partial charge in [-0.3, -0.25) is 9.69 Å². The van der Waals surface area contributed by atoms with Crippen LogP contribution >= 0.6 is 0 Å². The summed E-state index contributed by atoms with van der Waals surface area (Å²) in [5.74, 6) is -1.21. The number of carbonyl (C=O) groups excluding carboxylic acids is 1. The summed E-state index contributed by atoms with van der Waals surface area (Å²) >= 11 is 0. The van der Waals surface area contributed by atoms with Gasteiger partial charge in [0.1, 0.15) is 0 Å². The van der Waals surface area contributed by atoms with Gasteiger partial charge in [0.05, 0.1) is 16.9 Å². The first-order valence-corrected chi connectivity index (χ1v) is 7.76. The van der Waals surface area contributed by atoms with Crippen LogP contribution in [0.25, 0.3) is 10.8 Å². The van der Waals surface area contributed by atoms with Crippen molar-refractivity contribution in [2.75, 3.05) is 4.90 Å². The molecule has 3 aromatic carbocycles. The molecular weight excluding hydrogens is 302 g/mol. The molecule has 0 saturated heterocycles. The summed E-state index contributed by atoms with van der Waals surface area (Å²) in [6.45, 7) is 1.77. The van der Waals surface area contributed by atoms with E-state index in [0.29, 0.717) is 11.4 Å². The number of amides is 1. The Labute approximate surface area is 140 Å². The van der Waals surface area contributed by atoms with E-state index in [1.165, 1.54) is 11.0 Å². The fraction of sp³-hybridized carbons (Fsp3) is 0.100. The van der Waals surface area contributed by atoms with Crippen LogP contribution in [0.5, 0.6) is 0 Å². The highest BCUT2D eigenvalue weighted by molar-refractivity contribution is 6.11. The SMILES string of the molecule is CCC(=O)N(c1ccccc1C(=O)O)c1cccc2ccccc12. The van der Waals surface area contributed by atoms with Gasteiger partial charge in [-0.15, -0.1) is 0 Å². The predicted octanol–water partition coefficient (Wildman–Crippen LogP) is 4.61. The van der Waals surface area contributed by atoms with Crippen molar-refractivity contribution in [2.45, 2.75) is 13.3 Å². The Hall–Kier alpha value is -3.14. The van der Waals surface area contributed by atoms with Crippen LogP contribution in [0.4, 0.5) is 11.4 Å². The molecule has 1 amide bonds. The van der Waals surface area contributed by atoms with Gasteiger partial charge in [-0.2, -0.15) is 0 Å². The number of carbonyl (C=O) groups is 2. The van der Waals surface area contributed by atoms with Gasteiger partial charge in [-0.05, 0) is 23.6 Å². The smallest absolute Gasteiger partial charge is 0.337 e. The van der Waals surface area contributed by atoms with Gasteiger partial charge >= 0.3 is 5.97 Å². The lowest BCUT2D eigenvalue weighted by Gasteiger charge is -2.25. The quantitative estimate of drug-likeness (QED) is 0.764. The first-order valence-electron chi connectivity index (χ1n) is 7.76. The zero-order chi connectivity index (χ0) is 17.1. The molecule has 0 unspecified atom stereocenters. The number of hydrogen-bond acceptors (Lipinski definition) is 2. The van der Waals surface area contributed by atoms with Gasteiger partial charge < -0.3 is 5.11 Å². The molecule has 3 aromatic rings. The van der Waals surface area contributed by atoms with Crippen molar-refractivity contribution in [3.63, 3.8) is 0 Å². The molecule has 0 aliphatic heterocycles.